The quantitative estimate of drug-likeness (QED) is 0.0339. The molecule has 4 heterocycles. The van der Waals surface area contributed by atoms with Gasteiger partial charge in [-0.25, -0.2) is 9.59 Å². The highest BCUT2D eigenvalue weighted by Gasteiger charge is 2.50. The molecule has 67 heavy (non-hydrogen) atoms. The van der Waals surface area contributed by atoms with Crippen molar-refractivity contribution in [1.82, 2.24) is 0 Å². The van der Waals surface area contributed by atoms with E-state index in [2.05, 4.69) is 6.58 Å². The zero-order valence-corrected chi connectivity index (χ0v) is 36.9. The Balaban J connectivity index is 1.23. The molecule has 0 amide bonds. The Labute approximate surface area is 384 Å². The first-order chi connectivity index (χ1) is 31.8. The van der Waals surface area contributed by atoms with Crippen molar-refractivity contribution in [3.8, 4) is 0 Å². The number of carbonyl (C=O) groups excluding carboxylic acids is 3. The predicted octanol–water partition coefficient (Wildman–Crippen LogP) is -3.55. The van der Waals surface area contributed by atoms with Crippen LogP contribution in [0.3, 0.4) is 0 Å². The molecule has 2 saturated heterocycles. The summed E-state index contributed by atoms with van der Waals surface area (Å²) < 4.78 is 49.6. The number of hydrogen-bond acceptors (Lipinski definition) is 23. The Kier molecular flexibility index (Phi) is 19.2. The largest absolute Gasteiger partial charge is 0.478 e. The van der Waals surface area contributed by atoms with Gasteiger partial charge in [-0.15, -0.1) is 6.58 Å². The summed E-state index contributed by atoms with van der Waals surface area (Å²) in [4.78, 5) is 52.1. The molecule has 0 aromatic carbocycles. The van der Waals surface area contributed by atoms with Gasteiger partial charge in [0.15, 0.2) is 12.6 Å². The Morgan fingerprint density at radius 3 is 1.91 bits per heavy atom. The predicted molar refractivity (Wildman–Crippen MR) is 218 cm³/mol. The summed E-state index contributed by atoms with van der Waals surface area (Å²) in [5.74, 6) is -9.80. The van der Waals surface area contributed by atoms with Gasteiger partial charge in [0.05, 0.1) is 76.2 Å². The summed E-state index contributed by atoms with van der Waals surface area (Å²) in [6, 6.07) is 0. The lowest BCUT2D eigenvalue weighted by Crippen LogP contribution is -2.60. The third kappa shape index (κ3) is 12.0. The summed E-state index contributed by atoms with van der Waals surface area (Å²) in [6.45, 7) is 4.28. The van der Waals surface area contributed by atoms with Crippen LogP contribution < -0.4 is 0 Å². The lowest BCUT2D eigenvalue weighted by molar-refractivity contribution is -0.339. The second kappa shape index (κ2) is 23.9. The van der Waals surface area contributed by atoms with Crippen LogP contribution in [0, 0.1) is 41.4 Å². The molecule has 0 radical (unpaired) electrons. The minimum Gasteiger partial charge on any atom is -0.478 e. The number of rotatable bonds is 19. The van der Waals surface area contributed by atoms with E-state index < -0.39 is 185 Å². The Morgan fingerprint density at radius 1 is 0.791 bits per heavy atom. The van der Waals surface area contributed by atoms with Crippen molar-refractivity contribution < 1.29 is 118 Å². The van der Waals surface area contributed by atoms with Crippen LogP contribution in [0.25, 0.3) is 0 Å². The molecule has 3 fully saturated rings. The molecule has 0 aromatic heterocycles. The minimum absolute atomic E-state index is 0.0911. The number of esters is 3. The molecule has 378 valence electrons. The number of carbonyl (C=O) groups is 4. The van der Waals surface area contributed by atoms with Gasteiger partial charge < -0.3 is 98.8 Å². The van der Waals surface area contributed by atoms with E-state index in [4.69, 9.17) is 42.6 Å². The molecule has 20 unspecified atom stereocenters. The van der Waals surface area contributed by atoms with Crippen molar-refractivity contribution in [3.05, 3.63) is 48.0 Å². The number of carboxylic acids is 1. The van der Waals surface area contributed by atoms with Crippen LogP contribution in [-0.4, -0.2) is 200 Å². The van der Waals surface area contributed by atoms with Crippen molar-refractivity contribution >= 4 is 23.9 Å². The maximum atomic E-state index is 13.6. The van der Waals surface area contributed by atoms with Crippen LogP contribution in [0.5, 0.6) is 0 Å². The van der Waals surface area contributed by atoms with Gasteiger partial charge >= 0.3 is 23.9 Å². The number of ether oxygens (including phenoxy) is 9. The standard InChI is InChI=1S/C43H62O24/c1-5-19-22(25(38(56)57)15-62-40(19)66-42-36(54)34(52)32(50)28(11-45)64-42)8-30(48)60-13-18(10-44)21-7-27(47)17(3)24(21)14-61-31(49)9-23-20(6-2)41(63-16-26(23)39(58)59-4)67-43-37(55)35(53)33(51)29(12-46)65-43/h5-6,15-18,20-24,27-29,32-37,40-47,50-55H,2,7-14H2,1,3-4H3,(H,56,57). The van der Waals surface area contributed by atoms with E-state index in [1.54, 1.807) is 6.92 Å². The molecular weight excluding hydrogens is 900 g/mol. The van der Waals surface area contributed by atoms with Gasteiger partial charge in [0.1, 0.15) is 48.8 Å². The molecular formula is C43H62O24. The third-order valence-electron chi connectivity index (χ3n) is 13.2. The molecule has 1 aliphatic carbocycles. The van der Waals surface area contributed by atoms with Crippen LogP contribution in [0.15, 0.2) is 48.0 Å². The van der Waals surface area contributed by atoms with Crippen LogP contribution >= 0.6 is 0 Å². The van der Waals surface area contributed by atoms with E-state index in [-0.39, 0.29) is 29.7 Å². The van der Waals surface area contributed by atoms with Crippen LogP contribution in [0.4, 0.5) is 0 Å². The molecule has 24 nitrogen and oxygen atoms in total. The first-order valence-electron chi connectivity index (χ1n) is 21.7. The molecule has 24 heteroatoms. The van der Waals surface area contributed by atoms with Gasteiger partial charge in [-0.3, -0.25) is 9.59 Å². The topological polar surface area (TPSA) is 374 Å². The van der Waals surface area contributed by atoms with E-state index in [1.165, 1.54) is 19.1 Å². The maximum Gasteiger partial charge on any atom is 0.337 e. The first-order valence-corrected chi connectivity index (χ1v) is 21.7. The first kappa shape index (κ1) is 53.8. The molecule has 1 saturated carbocycles. The van der Waals surface area contributed by atoms with Crippen LogP contribution in [-0.2, 0) is 61.8 Å². The molecule has 11 N–H and O–H groups in total. The highest BCUT2D eigenvalue weighted by molar-refractivity contribution is 5.90. The van der Waals surface area contributed by atoms with E-state index in [0.717, 1.165) is 19.6 Å². The van der Waals surface area contributed by atoms with Gasteiger partial charge in [0, 0.05) is 41.8 Å². The zero-order valence-electron chi connectivity index (χ0n) is 36.9. The number of allylic oxidation sites excluding steroid dienone is 1. The molecule has 5 rings (SSSR count). The van der Waals surface area contributed by atoms with Gasteiger partial charge in [-0.2, -0.15) is 0 Å². The fourth-order valence-corrected chi connectivity index (χ4v) is 9.13. The van der Waals surface area contributed by atoms with E-state index in [0.29, 0.717) is 0 Å². The third-order valence-corrected chi connectivity index (χ3v) is 13.2. The van der Waals surface area contributed by atoms with Crippen molar-refractivity contribution in [2.24, 2.45) is 41.4 Å². The number of hydrogen-bond donors (Lipinski definition) is 11. The second-order valence-electron chi connectivity index (χ2n) is 17.0. The Morgan fingerprint density at radius 2 is 1.37 bits per heavy atom. The van der Waals surface area contributed by atoms with E-state index in [1.807, 2.05) is 0 Å². The summed E-state index contributed by atoms with van der Waals surface area (Å²) in [5, 5.41) is 112. The van der Waals surface area contributed by atoms with E-state index >= 15 is 0 Å². The highest BCUT2D eigenvalue weighted by atomic mass is 16.8. The minimum atomic E-state index is -1.82. The number of aliphatic hydroxyl groups excluding tert-OH is 10. The Bertz CT molecular complexity index is 1820. The molecule has 0 aromatic rings. The van der Waals surface area contributed by atoms with Gasteiger partial charge in [0.25, 0.3) is 0 Å². The van der Waals surface area contributed by atoms with Crippen molar-refractivity contribution in [3.63, 3.8) is 0 Å². The average molecular weight is 963 g/mol. The number of carboxylic acid groups (broad SMARTS) is 1. The Hall–Kier alpha value is -4.12. The fraction of sp³-hybridized carbons (Fsp3) is 0.721. The monoisotopic (exact) mass is 962 g/mol. The van der Waals surface area contributed by atoms with Crippen molar-refractivity contribution in [2.45, 2.75) is 113 Å². The van der Waals surface area contributed by atoms with E-state index in [9.17, 15) is 75.3 Å². The normalized spacial score (nSPS) is 39.8. The van der Waals surface area contributed by atoms with Gasteiger partial charge in [-0.1, -0.05) is 19.1 Å². The highest BCUT2D eigenvalue weighted by Crippen LogP contribution is 2.43. The van der Waals surface area contributed by atoms with Gasteiger partial charge in [-0.05, 0) is 25.2 Å². The summed E-state index contributed by atoms with van der Waals surface area (Å²) in [6.07, 6.45) is -16.6. The molecule has 4 aliphatic heterocycles. The number of methoxy groups -OCH3 is 1. The zero-order chi connectivity index (χ0) is 49.4. The van der Waals surface area contributed by atoms with Crippen molar-refractivity contribution in [1.29, 1.82) is 0 Å². The molecule has 0 bridgehead atoms. The smallest absolute Gasteiger partial charge is 0.337 e. The maximum absolute atomic E-state index is 13.6. The average Bonchev–Trinajstić information content (AvgIpc) is 3.59. The van der Waals surface area contributed by atoms with Gasteiger partial charge in [0.2, 0.25) is 12.6 Å². The second-order valence-corrected chi connectivity index (χ2v) is 17.0. The molecule has 5 aliphatic rings. The number of aliphatic carboxylic acids is 1. The SMILES string of the molecule is C=CC1C(OC2OC(CO)C(O)C(O)C2O)OC=C(C(=O)OC)C1CC(=O)OCC1C(C)C(O)CC1C(CO)COC(=O)CC1C(C(=O)O)=COC(OC2OC(CO)C(O)C(O)C2O)C1=CC. The van der Waals surface area contributed by atoms with Crippen LogP contribution in [0.2, 0.25) is 0 Å². The molecule has 20 atom stereocenters. The number of aliphatic hydroxyl groups is 10. The summed E-state index contributed by atoms with van der Waals surface area (Å²) in [5.41, 5.74) is -0.376. The van der Waals surface area contributed by atoms with Crippen LogP contribution in [0.1, 0.15) is 33.1 Å². The molecule has 0 spiro atoms. The van der Waals surface area contributed by atoms with Crippen molar-refractivity contribution in [2.75, 3.05) is 40.1 Å². The summed E-state index contributed by atoms with van der Waals surface area (Å²) >= 11 is 0. The lowest BCUT2D eigenvalue weighted by atomic mass is 9.81. The lowest BCUT2D eigenvalue weighted by Gasteiger charge is -2.42. The summed E-state index contributed by atoms with van der Waals surface area (Å²) in [7, 11) is 1.11. The fourth-order valence-electron chi connectivity index (χ4n) is 9.13.